The molecular formula is C24H30N2O5S. The first-order valence-electron chi connectivity index (χ1n) is 11.2. The van der Waals surface area contributed by atoms with Crippen LogP contribution >= 0.6 is 0 Å². The highest BCUT2D eigenvalue weighted by Gasteiger charge is 2.32. The van der Waals surface area contributed by atoms with Crippen molar-refractivity contribution in [3.63, 3.8) is 0 Å². The van der Waals surface area contributed by atoms with E-state index < -0.39 is 22.2 Å². The molecule has 0 spiro atoms. The molecular weight excluding hydrogens is 428 g/mol. The first-order valence-corrected chi connectivity index (χ1v) is 12.7. The number of hydrogen-bond acceptors (Lipinski definition) is 5. The number of nitrogens with one attached hydrogen (secondary N) is 1. The highest BCUT2D eigenvalue weighted by atomic mass is 32.2. The molecule has 0 radical (unpaired) electrons. The zero-order valence-corrected chi connectivity index (χ0v) is 18.9. The van der Waals surface area contributed by atoms with Gasteiger partial charge in [0.2, 0.25) is 10.0 Å². The first-order chi connectivity index (χ1) is 15.5. The number of hydrogen-bond donors (Lipinski definition) is 1. The minimum absolute atomic E-state index is 0.00664. The van der Waals surface area contributed by atoms with Crippen molar-refractivity contribution in [3.8, 4) is 0 Å². The average molecular weight is 459 g/mol. The number of sulfonamides is 1. The SMILES string of the molecule is O=C(NOC1CCCCO1)c1ccccc1S(=O)(=O)N1CCC(Cc2ccccc2)CC1. The summed E-state index contributed by atoms with van der Waals surface area (Å²) >= 11 is 0. The maximum Gasteiger partial charge on any atom is 0.276 e. The fraction of sp³-hybridized carbons (Fsp3) is 0.458. The Morgan fingerprint density at radius 1 is 1.00 bits per heavy atom. The number of ether oxygens (including phenoxy) is 1. The van der Waals surface area contributed by atoms with Gasteiger partial charge in [0.25, 0.3) is 5.91 Å². The molecule has 2 aromatic rings. The zero-order chi connectivity index (χ0) is 22.4. The molecule has 2 aromatic carbocycles. The number of piperidine rings is 1. The lowest BCUT2D eigenvalue weighted by Gasteiger charge is -2.31. The zero-order valence-electron chi connectivity index (χ0n) is 18.1. The van der Waals surface area contributed by atoms with Crippen molar-refractivity contribution >= 4 is 15.9 Å². The molecule has 7 nitrogen and oxygen atoms in total. The summed E-state index contributed by atoms with van der Waals surface area (Å²) in [6.07, 6.45) is 4.67. The molecule has 2 saturated heterocycles. The average Bonchev–Trinajstić information content (AvgIpc) is 2.84. The maximum atomic E-state index is 13.4. The van der Waals surface area contributed by atoms with Crippen LogP contribution in [0.25, 0.3) is 0 Å². The molecule has 1 unspecified atom stereocenters. The lowest BCUT2D eigenvalue weighted by atomic mass is 9.91. The van der Waals surface area contributed by atoms with E-state index in [9.17, 15) is 13.2 Å². The number of benzene rings is 2. The summed E-state index contributed by atoms with van der Waals surface area (Å²) in [6.45, 7) is 1.48. The monoisotopic (exact) mass is 458 g/mol. The van der Waals surface area contributed by atoms with E-state index in [1.165, 1.54) is 22.0 Å². The van der Waals surface area contributed by atoms with Gasteiger partial charge < -0.3 is 4.74 Å². The molecule has 0 aromatic heterocycles. The summed E-state index contributed by atoms with van der Waals surface area (Å²) in [6, 6.07) is 16.6. The molecule has 1 amide bonds. The van der Waals surface area contributed by atoms with Gasteiger partial charge in [0.15, 0.2) is 6.29 Å². The third-order valence-electron chi connectivity index (χ3n) is 6.11. The van der Waals surface area contributed by atoms with Crippen LogP contribution in [0.4, 0.5) is 0 Å². The Balaban J connectivity index is 1.40. The summed E-state index contributed by atoms with van der Waals surface area (Å²) < 4.78 is 33.7. The second-order valence-corrected chi connectivity index (χ2v) is 10.3. The quantitative estimate of drug-likeness (QED) is 0.642. The fourth-order valence-electron chi connectivity index (χ4n) is 4.30. The van der Waals surface area contributed by atoms with Crippen molar-refractivity contribution in [1.29, 1.82) is 0 Å². The van der Waals surface area contributed by atoms with Gasteiger partial charge in [-0.25, -0.2) is 18.7 Å². The van der Waals surface area contributed by atoms with Crippen LogP contribution in [0.2, 0.25) is 0 Å². The first kappa shape index (κ1) is 22.9. The predicted octanol–water partition coefficient (Wildman–Crippen LogP) is 3.52. The number of nitrogens with zero attached hydrogens (tertiary/aromatic N) is 1. The topological polar surface area (TPSA) is 84.9 Å². The molecule has 0 saturated carbocycles. The van der Waals surface area contributed by atoms with Crippen LogP contribution in [0.1, 0.15) is 48.0 Å². The summed E-state index contributed by atoms with van der Waals surface area (Å²) in [7, 11) is -3.79. The number of amides is 1. The molecule has 0 aliphatic carbocycles. The van der Waals surface area contributed by atoms with Gasteiger partial charge in [0.1, 0.15) is 0 Å². The Hall–Kier alpha value is -2.26. The normalized spacial score (nSPS) is 20.7. The highest BCUT2D eigenvalue weighted by molar-refractivity contribution is 7.89. The smallest absolute Gasteiger partial charge is 0.276 e. The van der Waals surface area contributed by atoms with Crippen molar-refractivity contribution in [2.45, 2.75) is 49.7 Å². The van der Waals surface area contributed by atoms with E-state index in [0.717, 1.165) is 32.1 Å². The second kappa shape index (κ2) is 10.6. The molecule has 4 rings (SSSR count). The van der Waals surface area contributed by atoms with Crippen LogP contribution in [-0.4, -0.2) is 44.6 Å². The molecule has 32 heavy (non-hydrogen) atoms. The van der Waals surface area contributed by atoms with E-state index in [-0.39, 0.29) is 10.5 Å². The van der Waals surface area contributed by atoms with E-state index in [0.29, 0.717) is 32.0 Å². The number of carbonyl (C=O) groups is 1. The third kappa shape index (κ3) is 5.56. The Kier molecular flexibility index (Phi) is 7.57. The summed E-state index contributed by atoms with van der Waals surface area (Å²) in [4.78, 5) is 18.1. The minimum atomic E-state index is -3.79. The van der Waals surface area contributed by atoms with Crippen molar-refractivity contribution in [2.24, 2.45) is 5.92 Å². The van der Waals surface area contributed by atoms with Crippen LogP contribution < -0.4 is 5.48 Å². The van der Waals surface area contributed by atoms with Gasteiger partial charge >= 0.3 is 0 Å². The van der Waals surface area contributed by atoms with Gasteiger partial charge in [-0.2, -0.15) is 4.31 Å². The van der Waals surface area contributed by atoms with Crippen molar-refractivity contribution in [1.82, 2.24) is 9.79 Å². The molecule has 2 aliphatic heterocycles. The fourth-order valence-corrected chi connectivity index (χ4v) is 5.96. The molecule has 172 valence electrons. The van der Waals surface area contributed by atoms with Gasteiger partial charge in [-0.15, -0.1) is 0 Å². The standard InChI is InChI=1S/C24H30N2O5S/c27-24(25-31-23-12-6-7-17-30-23)21-10-4-5-11-22(21)32(28,29)26-15-13-20(14-16-26)18-19-8-2-1-3-9-19/h1-5,8-11,20,23H,6-7,12-18H2,(H,25,27). The lowest BCUT2D eigenvalue weighted by molar-refractivity contribution is -0.186. The van der Waals surface area contributed by atoms with E-state index >= 15 is 0 Å². The third-order valence-corrected chi connectivity index (χ3v) is 8.07. The van der Waals surface area contributed by atoms with Crippen LogP contribution in [0.3, 0.4) is 0 Å². The Morgan fingerprint density at radius 2 is 1.72 bits per heavy atom. The number of carbonyl (C=O) groups excluding carboxylic acids is 1. The molecule has 1 N–H and O–H groups in total. The summed E-state index contributed by atoms with van der Waals surface area (Å²) in [5.41, 5.74) is 3.73. The van der Waals surface area contributed by atoms with Crippen LogP contribution in [0, 0.1) is 5.92 Å². The molecule has 8 heteroatoms. The predicted molar refractivity (Wildman–Crippen MR) is 120 cm³/mol. The van der Waals surface area contributed by atoms with E-state index in [2.05, 4.69) is 17.6 Å². The van der Waals surface area contributed by atoms with Gasteiger partial charge in [0, 0.05) is 26.1 Å². The van der Waals surface area contributed by atoms with E-state index in [4.69, 9.17) is 9.57 Å². The van der Waals surface area contributed by atoms with Gasteiger partial charge in [-0.05, 0) is 55.7 Å². The van der Waals surface area contributed by atoms with Crippen molar-refractivity contribution < 1.29 is 22.8 Å². The van der Waals surface area contributed by atoms with E-state index in [1.54, 1.807) is 12.1 Å². The molecule has 0 bridgehead atoms. The highest BCUT2D eigenvalue weighted by Crippen LogP contribution is 2.28. The maximum absolute atomic E-state index is 13.4. The van der Waals surface area contributed by atoms with Crippen molar-refractivity contribution in [3.05, 3.63) is 65.7 Å². The molecule has 2 heterocycles. The molecule has 2 fully saturated rings. The van der Waals surface area contributed by atoms with Gasteiger partial charge in [-0.3, -0.25) is 4.79 Å². The van der Waals surface area contributed by atoms with E-state index in [1.807, 2.05) is 18.2 Å². The minimum Gasteiger partial charge on any atom is -0.350 e. The Morgan fingerprint density at radius 3 is 2.44 bits per heavy atom. The van der Waals surface area contributed by atoms with Crippen LogP contribution in [0.15, 0.2) is 59.5 Å². The van der Waals surface area contributed by atoms with Gasteiger partial charge in [0.05, 0.1) is 10.5 Å². The molecule has 1 atom stereocenters. The largest absolute Gasteiger partial charge is 0.350 e. The Bertz CT molecular complexity index is 998. The number of rotatable bonds is 7. The second-order valence-electron chi connectivity index (χ2n) is 8.38. The lowest BCUT2D eigenvalue weighted by Crippen LogP contribution is -2.40. The summed E-state index contributed by atoms with van der Waals surface area (Å²) in [5, 5.41) is 0. The van der Waals surface area contributed by atoms with Gasteiger partial charge in [-0.1, -0.05) is 42.5 Å². The Labute approximate surface area is 189 Å². The van der Waals surface area contributed by atoms with Crippen molar-refractivity contribution in [2.75, 3.05) is 19.7 Å². The van der Waals surface area contributed by atoms with Crippen LogP contribution in [0.5, 0.6) is 0 Å². The number of hydroxylamine groups is 1. The van der Waals surface area contributed by atoms with Crippen LogP contribution in [-0.2, 0) is 26.0 Å². The molecule has 2 aliphatic rings. The summed E-state index contributed by atoms with van der Waals surface area (Å²) in [5.74, 6) is -0.136.